The quantitative estimate of drug-likeness (QED) is 0.597. The highest BCUT2D eigenvalue weighted by Crippen LogP contribution is 1.97. The monoisotopic (exact) mass is 169 g/mol. The number of carbonyl (C=O) groups excluding carboxylic acids is 1. The van der Waals surface area contributed by atoms with Crippen LogP contribution in [0.2, 0.25) is 0 Å². The van der Waals surface area contributed by atoms with Crippen molar-refractivity contribution in [1.82, 2.24) is 14.8 Å². The van der Waals surface area contributed by atoms with E-state index >= 15 is 0 Å². The van der Waals surface area contributed by atoms with Crippen LogP contribution in [0.4, 0.5) is 0 Å². The van der Waals surface area contributed by atoms with Crippen molar-refractivity contribution in [1.29, 1.82) is 0 Å². The zero-order chi connectivity index (χ0) is 9.14. The number of carbonyl (C=O) groups is 1. The summed E-state index contributed by atoms with van der Waals surface area (Å²) < 4.78 is 6.17. The van der Waals surface area contributed by atoms with Gasteiger partial charge in [-0.25, -0.2) is 14.5 Å². The summed E-state index contributed by atoms with van der Waals surface area (Å²) in [5.74, 6) is 0.385. The first kappa shape index (κ1) is 8.70. The lowest BCUT2D eigenvalue weighted by Gasteiger charge is -1.98. The molecule has 1 aromatic rings. The Morgan fingerprint density at radius 3 is 2.75 bits per heavy atom. The van der Waals surface area contributed by atoms with Gasteiger partial charge in [0.25, 0.3) is 0 Å². The van der Waals surface area contributed by atoms with Crippen LogP contribution in [0.25, 0.3) is 0 Å². The van der Waals surface area contributed by atoms with Crippen LogP contribution in [0.5, 0.6) is 0 Å². The van der Waals surface area contributed by atoms with E-state index in [4.69, 9.17) is 4.74 Å². The first-order valence-electron chi connectivity index (χ1n) is 3.70. The third kappa shape index (κ3) is 1.61. The fourth-order valence-corrected chi connectivity index (χ4v) is 0.886. The zero-order valence-corrected chi connectivity index (χ0v) is 7.37. The normalized spacial score (nSPS) is 9.92. The van der Waals surface area contributed by atoms with E-state index in [1.54, 1.807) is 20.9 Å². The Balaban J connectivity index is 2.87. The van der Waals surface area contributed by atoms with Crippen molar-refractivity contribution in [2.24, 2.45) is 7.05 Å². The lowest BCUT2D eigenvalue weighted by molar-refractivity contribution is 0.0506. The highest BCUT2D eigenvalue weighted by atomic mass is 16.5. The van der Waals surface area contributed by atoms with Gasteiger partial charge in [0.05, 0.1) is 6.61 Å². The van der Waals surface area contributed by atoms with Crippen LogP contribution in [0, 0.1) is 6.92 Å². The van der Waals surface area contributed by atoms with E-state index in [1.807, 2.05) is 0 Å². The van der Waals surface area contributed by atoms with Crippen molar-refractivity contribution < 1.29 is 9.53 Å². The van der Waals surface area contributed by atoms with Crippen LogP contribution < -0.4 is 0 Å². The van der Waals surface area contributed by atoms with E-state index < -0.39 is 5.97 Å². The second-order valence-corrected chi connectivity index (χ2v) is 2.33. The van der Waals surface area contributed by atoms with Gasteiger partial charge in [-0.3, -0.25) is 0 Å². The number of hydrogen-bond donors (Lipinski definition) is 0. The first-order valence-corrected chi connectivity index (χ1v) is 3.70. The Morgan fingerprint density at radius 1 is 1.67 bits per heavy atom. The summed E-state index contributed by atoms with van der Waals surface area (Å²) in [7, 11) is 1.66. The molecule has 1 rings (SSSR count). The summed E-state index contributed by atoms with van der Waals surface area (Å²) in [6, 6.07) is 0. The molecule has 1 heterocycles. The largest absolute Gasteiger partial charge is 0.460 e. The predicted octanol–water partition coefficient (Wildman–Crippen LogP) is 0.300. The van der Waals surface area contributed by atoms with E-state index in [0.29, 0.717) is 12.4 Å². The molecule has 0 radical (unpaired) electrons. The standard InChI is InChI=1S/C7H11N3O2/c1-4-12-7(11)6-8-5(2)9-10(6)3/h4H2,1-3H3. The Morgan fingerprint density at radius 2 is 2.33 bits per heavy atom. The van der Waals surface area contributed by atoms with Crippen molar-refractivity contribution in [3.63, 3.8) is 0 Å². The molecule has 0 aromatic carbocycles. The van der Waals surface area contributed by atoms with Gasteiger partial charge < -0.3 is 4.74 Å². The molecule has 0 N–H and O–H groups in total. The van der Waals surface area contributed by atoms with Crippen LogP contribution in [-0.2, 0) is 11.8 Å². The number of rotatable bonds is 2. The molecule has 0 bridgehead atoms. The molecule has 0 unspecified atom stereocenters. The van der Waals surface area contributed by atoms with Crippen molar-refractivity contribution in [3.05, 3.63) is 11.6 Å². The molecule has 0 aliphatic carbocycles. The molecule has 0 aliphatic heterocycles. The van der Waals surface area contributed by atoms with E-state index in [-0.39, 0.29) is 5.82 Å². The Hall–Kier alpha value is -1.39. The molecule has 0 spiro atoms. The third-order valence-corrected chi connectivity index (χ3v) is 1.33. The molecule has 1 aromatic heterocycles. The van der Waals surface area contributed by atoms with E-state index in [9.17, 15) is 4.79 Å². The maximum absolute atomic E-state index is 11.1. The number of aryl methyl sites for hydroxylation is 2. The van der Waals surface area contributed by atoms with Crippen LogP contribution in [-0.4, -0.2) is 27.3 Å². The van der Waals surface area contributed by atoms with Crippen molar-refractivity contribution in [2.45, 2.75) is 13.8 Å². The van der Waals surface area contributed by atoms with Gasteiger partial charge in [-0.05, 0) is 13.8 Å². The molecule has 0 amide bonds. The molecule has 66 valence electrons. The van der Waals surface area contributed by atoms with Crippen LogP contribution in [0.15, 0.2) is 0 Å². The molecule has 0 saturated heterocycles. The molecule has 12 heavy (non-hydrogen) atoms. The second-order valence-electron chi connectivity index (χ2n) is 2.33. The van der Waals surface area contributed by atoms with Crippen molar-refractivity contribution in [3.8, 4) is 0 Å². The van der Waals surface area contributed by atoms with Gasteiger partial charge in [0.2, 0.25) is 5.82 Å². The Bertz CT molecular complexity index is 293. The van der Waals surface area contributed by atoms with Gasteiger partial charge >= 0.3 is 5.97 Å². The summed E-state index contributed by atoms with van der Waals surface area (Å²) in [4.78, 5) is 15.0. The van der Waals surface area contributed by atoms with Crippen molar-refractivity contribution >= 4 is 5.97 Å². The number of hydrogen-bond acceptors (Lipinski definition) is 4. The summed E-state index contributed by atoms with van der Waals surface area (Å²) in [5.41, 5.74) is 0. The number of nitrogens with zero attached hydrogens (tertiary/aromatic N) is 3. The fraction of sp³-hybridized carbons (Fsp3) is 0.571. The molecule has 5 nitrogen and oxygen atoms in total. The molecule has 5 heteroatoms. The van der Waals surface area contributed by atoms with Gasteiger partial charge in [0, 0.05) is 7.05 Å². The van der Waals surface area contributed by atoms with Crippen molar-refractivity contribution in [2.75, 3.05) is 6.61 Å². The van der Waals surface area contributed by atoms with E-state index in [0.717, 1.165) is 0 Å². The Labute approximate surface area is 70.4 Å². The highest BCUT2D eigenvalue weighted by molar-refractivity contribution is 5.85. The number of ether oxygens (including phenoxy) is 1. The maximum atomic E-state index is 11.1. The molecular weight excluding hydrogens is 158 g/mol. The molecule has 0 aliphatic rings. The van der Waals surface area contributed by atoms with Crippen LogP contribution in [0.3, 0.4) is 0 Å². The highest BCUT2D eigenvalue weighted by Gasteiger charge is 2.13. The average molecular weight is 169 g/mol. The zero-order valence-electron chi connectivity index (χ0n) is 7.37. The number of aromatic nitrogens is 3. The van der Waals surface area contributed by atoms with E-state index in [2.05, 4.69) is 10.1 Å². The molecule has 0 atom stereocenters. The second kappa shape index (κ2) is 3.34. The summed E-state index contributed by atoms with van der Waals surface area (Å²) in [5, 5.41) is 3.92. The van der Waals surface area contributed by atoms with Gasteiger partial charge in [-0.15, -0.1) is 0 Å². The van der Waals surface area contributed by atoms with Gasteiger partial charge in [-0.1, -0.05) is 0 Å². The Kier molecular flexibility index (Phi) is 2.42. The summed E-state index contributed by atoms with van der Waals surface area (Å²) in [6.07, 6.45) is 0. The molecule has 0 fully saturated rings. The topological polar surface area (TPSA) is 57.0 Å². The first-order chi connectivity index (χ1) is 5.65. The van der Waals surface area contributed by atoms with Crippen LogP contribution in [0.1, 0.15) is 23.4 Å². The van der Waals surface area contributed by atoms with Crippen LogP contribution >= 0.6 is 0 Å². The van der Waals surface area contributed by atoms with Gasteiger partial charge in [-0.2, -0.15) is 5.10 Å². The summed E-state index contributed by atoms with van der Waals surface area (Å²) >= 11 is 0. The lowest BCUT2D eigenvalue weighted by Crippen LogP contribution is -2.11. The minimum absolute atomic E-state index is 0.245. The summed E-state index contributed by atoms with van der Waals surface area (Å²) in [6.45, 7) is 3.83. The van der Waals surface area contributed by atoms with E-state index in [1.165, 1.54) is 4.68 Å². The fourth-order valence-electron chi connectivity index (χ4n) is 0.886. The minimum Gasteiger partial charge on any atom is -0.460 e. The third-order valence-electron chi connectivity index (χ3n) is 1.33. The van der Waals surface area contributed by atoms with Gasteiger partial charge in [0.1, 0.15) is 5.82 Å². The average Bonchev–Trinajstić information content (AvgIpc) is 2.30. The predicted molar refractivity (Wildman–Crippen MR) is 41.7 cm³/mol. The maximum Gasteiger partial charge on any atom is 0.376 e. The minimum atomic E-state index is -0.430. The molecular formula is C7H11N3O2. The molecule has 0 saturated carbocycles. The lowest BCUT2D eigenvalue weighted by atomic mass is 10.6. The smallest absolute Gasteiger partial charge is 0.376 e. The SMILES string of the molecule is CCOC(=O)c1nc(C)nn1C. The van der Waals surface area contributed by atoms with Gasteiger partial charge in [0.15, 0.2) is 0 Å². The number of esters is 1.